The van der Waals surface area contributed by atoms with Crippen LogP contribution in [-0.4, -0.2) is 0 Å². The van der Waals surface area contributed by atoms with Gasteiger partial charge >= 0.3 is 0 Å². The number of hydrogen-bond donors (Lipinski definition) is 0. The molecule has 0 aliphatic carbocycles. The number of aromatic nitrogens is 1. The molecule has 0 fully saturated rings. The van der Waals surface area contributed by atoms with Gasteiger partial charge < -0.3 is 0 Å². The molecule has 3 rings (SSSR count). The average molecular weight is 208 g/mol. The van der Waals surface area contributed by atoms with Gasteiger partial charge in [-0.3, -0.25) is 0 Å². The molecule has 0 amide bonds. The van der Waals surface area contributed by atoms with E-state index in [1.54, 1.807) is 0 Å². The van der Waals surface area contributed by atoms with Gasteiger partial charge in [0, 0.05) is 30.5 Å². The molecular formula is C15H14N+. The Morgan fingerprint density at radius 3 is 2.62 bits per heavy atom. The lowest BCUT2D eigenvalue weighted by atomic mass is 10.1. The van der Waals surface area contributed by atoms with Gasteiger partial charge in [-0.25, -0.2) is 0 Å². The third kappa shape index (κ3) is 1.28. The highest BCUT2D eigenvalue weighted by Crippen LogP contribution is 2.17. The fraction of sp³-hybridized carbons (Fsp3) is 0.133. The van der Waals surface area contributed by atoms with Gasteiger partial charge in [-0.2, -0.15) is 4.40 Å². The first-order valence-corrected chi connectivity index (χ1v) is 5.56. The lowest BCUT2D eigenvalue weighted by molar-refractivity contribution is -0.518. The van der Waals surface area contributed by atoms with E-state index in [4.69, 9.17) is 0 Å². The minimum Gasteiger partial charge on any atom is -0.164 e. The van der Waals surface area contributed by atoms with Crippen LogP contribution in [0.15, 0.2) is 48.7 Å². The summed E-state index contributed by atoms with van der Waals surface area (Å²) in [6, 6.07) is 15.1. The maximum atomic E-state index is 2.25. The molecule has 0 bridgehead atoms. The van der Waals surface area contributed by atoms with E-state index >= 15 is 0 Å². The minimum atomic E-state index is 1.25. The summed E-state index contributed by atoms with van der Waals surface area (Å²) in [7, 11) is 0. The summed E-state index contributed by atoms with van der Waals surface area (Å²) in [6.45, 7) is 4.30. The summed E-state index contributed by atoms with van der Waals surface area (Å²) in [5, 5.41) is 2.64. The SMILES string of the molecule is Cc1cccc2cc3cccc(C)[n+]3cc12. The summed E-state index contributed by atoms with van der Waals surface area (Å²) in [5.74, 6) is 0. The van der Waals surface area contributed by atoms with E-state index in [1.807, 2.05) is 0 Å². The second kappa shape index (κ2) is 3.31. The van der Waals surface area contributed by atoms with E-state index in [-0.39, 0.29) is 0 Å². The molecule has 3 aromatic rings. The van der Waals surface area contributed by atoms with E-state index in [0.717, 1.165) is 0 Å². The van der Waals surface area contributed by atoms with Gasteiger partial charge in [0.25, 0.3) is 0 Å². The molecule has 0 aliphatic heterocycles. The molecule has 0 saturated heterocycles. The first kappa shape index (κ1) is 9.34. The predicted molar refractivity (Wildman–Crippen MR) is 66.6 cm³/mol. The van der Waals surface area contributed by atoms with Crippen LogP contribution in [0.3, 0.4) is 0 Å². The average Bonchev–Trinajstić information content (AvgIpc) is 2.28. The van der Waals surface area contributed by atoms with Crippen molar-refractivity contribution >= 4 is 16.3 Å². The fourth-order valence-corrected chi connectivity index (χ4v) is 2.24. The van der Waals surface area contributed by atoms with Crippen LogP contribution in [0.2, 0.25) is 0 Å². The Morgan fingerprint density at radius 1 is 0.938 bits per heavy atom. The maximum Gasteiger partial charge on any atom is 0.211 e. The van der Waals surface area contributed by atoms with E-state index in [9.17, 15) is 0 Å². The highest BCUT2D eigenvalue weighted by molar-refractivity contribution is 5.86. The van der Waals surface area contributed by atoms with Crippen molar-refractivity contribution in [1.82, 2.24) is 0 Å². The zero-order valence-electron chi connectivity index (χ0n) is 9.57. The topological polar surface area (TPSA) is 4.10 Å². The van der Waals surface area contributed by atoms with Crippen LogP contribution in [0.5, 0.6) is 0 Å². The second-order valence-electron chi connectivity index (χ2n) is 4.31. The molecule has 1 aromatic carbocycles. The predicted octanol–water partition coefficient (Wildman–Crippen LogP) is 3.20. The van der Waals surface area contributed by atoms with Gasteiger partial charge in [-0.1, -0.05) is 18.2 Å². The molecule has 0 atom stereocenters. The number of benzene rings is 1. The highest BCUT2D eigenvalue weighted by atomic mass is 14.9. The second-order valence-corrected chi connectivity index (χ2v) is 4.31. The molecule has 0 radical (unpaired) electrons. The lowest BCUT2D eigenvalue weighted by Gasteiger charge is -2.01. The van der Waals surface area contributed by atoms with E-state index in [2.05, 4.69) is 66.9 Å². The summed E-state index contributed by atoms with van der Waals surface area (Å²) >= 11 is 0. The standard InChI is InChI=1S/C15H14N/c1-11-5-3-7-13-9-14-8-4-6-12(2)16(14)10-15(11)13/h3-10H,1-2H3/q+1. The Morgan fingerprint density at radius 2 is 1.75 bits per heavy atom. The normalized spacial score (nSPS) is 11.1. The maximum absolute atomic E-state index is 2.25. The number of pyridine rings is 2. The highest BCUT2D eigenvalue weighted by Gasteiger charge is 2.08. The minimum absolute atomic E-state index is 1.25. The summed E-state index contributed by atoms with van der Waals surface area (Å²) in [5.41, 5.74) is 3.84. The van der Waals surface area contributed by atoms with Gasteiger partial charge in [0.1, 0.15) is 0 Å². The zero-order valence-corrected chi connectivity index (χ0v) is 9.57. The summed E-state index contributed by atoms with van der Waals surface area (Å²) in [6.07, 6.45) is 2.23. The van der Waals surface area contributed by atoms with Crippen LogP contribution in [0.4, 0.5) is 0 Å². The van der Waals surface area contributed by atoms with Crippen molar-refractivity contribution in [1.29, 1.82) is 0 Å². The largest absolute Gasteiger partial charge is 0.211 e. The number of aryl methyl sites for hydroxylation is 2. The molecule has 2 aromatic heterocycles. The van der Waals surface area contributed by atoms with Crippen LogP contribution < -0.4 is 4.40 Å². The molecule has 1 nitrogen and oxygen atoms in total. The van der Waals surface area contributed by atoms with E-state index < -0.39 is 0 Å². The van der Waals surface area contributed by atoms with Crippen LogP contribution in [0.25, 0.3) is 16.3 Å². The lowest BCUT2D eigenvalue weighted by Crippen LogP contribution is -2.24. The van der Waals surface area contributed by atoms with Crippen LogP contribution >= 0.6 is 0 Å². The smallest absolute Gasteiger partial charge is 0.164 e. The Kier molecular flexibility index (Phi) is 1.93. The molecule has 16 heavy (non-hydrogen) atoms. The monoisotopic (exact) mass is 208 g/mol. The van der Waals surface area contributed by atoms with Crippen molar-refractivity contribution in [2.45, 2.75) is 13.8 Å². The van der Waals surface area contributed by atoms with Crippen molar-refractivity contribution in [3.63, 3.8) is 0 Å². The summed E-state index contributed by atoms with van der Waals surface area (Å²) in [4.78, 5) is 0. The summed E-state index contributed by atoms with van der Waals surface area (Å²) < 4.78 is 2.25. The van der Waals surface area contributed by atoms with Crippen molar-refractivity contribution in [2.75, 3.05) is 0 Å². The molecule has 0 aliphatic rings. The first-order chi connectivity index (χ1) is 7.75. The van der Waals surface area contributed by atoms with Gasteiger partial charge in [0.05, 0.1) is 0 Å². The third-order valence-electron chi connectivity index (χ3n) is 3.18. The molecule has 0 saturated carbocycles. The molecule has 2 heterocycles. The third-order valence-corrected chi connectivity index (χ3v) is 3.18. The molecule has 0 spiro atoms. The van der Waals surface area contributed by atoms with Crippen molar-refractivity contribution in [3.8, 4) is 0 Å². The quantitative estimate of drug-likeness (QED) is 0.394. The first-order valence-electron chi connectivity index (χ1n) is 5.56. The Labute approximate surface area is 95.0 Å². The molecule has 0 N–H and O–H groups in total. The van der Waals surface area contributed by atoms with Crippen LogP contribution in [-0.2, 0) is 0 Å². The van der Waals surface area contributed by atoms with Crippen molar-refractivity contribution in [3.05, 3.63) is 59.9 Å². The number of hydrogen-bond acceptors (Lipinski definition) is 0. The Hall–Kier alpha value is -1.89. The Balaban J connectivity index is 2.55. The number of nitrogens with zero attached hydrogens (tertiary/aromatic N) is 1. The zero-order chi connectivity index (χ0) is 11.1. The van der Waals surface area contributed by atoms with E-state index in [1.165, 1.54) is 27.5 Å². The van der Waals surface area contributed by atoms with Crippen molar-refractivity contribution < 1.29 is 4.40 Å². The molecular weight excluding hydrogens is 194 g/mol. The molecule has 0 unspecified atom stereocenters. The van der Waals surface area contributed by atoms with Crippen molar-refractivity contribution in [2.24, 2.45) is 0 Å². The van der Waals surface area contributed by atoms with Gasteiger partial charge in [0.2, 0.25) is 5.52 Å². The Bertz CT molecular complexity index is 626. The number of fused-ring (bicyclic) bond motifs is 2. The van der Waals surface area contributed by atoms with Gasteiger partial charge in [0.15, 0.2) is 11.9 Å². The van der Waals surface area contributed by atoms with Crippen LogP contribution in [0, 0.1) is 13.8 Å². The molecule has 78 valence electrons. The van der Waals surface area contributed by atoms with E-state index in [0.29, 0.717) is 0 Å². The van der Waals surface area contributed by atoms with Crippen LogP contribution in [0.1, 0.15) is 11.3 Å². The molecule has 1 heteroatoms. The fourth-order valence-electron chi connectivity index (χ4n) is 2.24. The van der Waals surface area contributed by atoms with Gasteiger partial charge in [-0.15, -0.1) is 0 Å². The van der Waals surface area contributed by atoms with Gasteiger partial charge in [-0.05, 0) is 23.9 Å². The number of rotatable bonds is 0.